The maximum atomic E-state index is 5.74. The Hall–Kier alpha value is -2.15. The summed E-state index contributed by atoms with van der Waals surface area (Å²) in [5.74, 6) is 2.44. The van der Waals surface area contributed by atoms with Crippen LogP contribution in [0, 0.1) is 0 Å². The van der Waals surface area contributed by atoms with Gasteiger partial charge < -0.3 is 14.8 Å². The highest BCUT2D eigenvalue weighted by Crippen LogP contribution is 2.21. The summed E-state index contributed by atoms with van der Waals surface area (Å²) in [4.78, 5) is 8.72. The monoisotopic (exact) mass is 291 g/mol. The van der Waals surface area contributed by atoms with Crippen LogP contribution in [0.1, 0.15) is 26.6 Å². The van der Waals surface area contributed by atoms with Crippen LogP contribution in [0.15, 0.2) is 18.5 Å². The van der Waals surface area contributed by atoms with E-state index in [1.54, 1.807) is 16.9 Å². The molecule has 0 unspecified atom stereocenters. The SMILES string of the molecule is CCNc1cc(Oc2cnn(CC)c2)nc(COCC)n1. The second-order valence-corrected chi connectivity index (χ2v) is 4.31. The first-order valence-electron chi connectivity index (χ1n) is 7.15. The van der Waals surface area contributed by atoms with Gasteiger partial charge in [-0.3, -0.25) is 4.68 Å². The van der Waals surface area contributed by atoms with Crippen molar-refractivity contribution in [1.82, 2.24) is 19.7 Å². The molecule has 0 atom stereocenters. The Kier molecular flexibility index (Phi) is 5.51. The van der Waals surface area contributed by atoms with Crippen molar-refractivity contribution in [3.8, 4) is 11.6 Å². The molecule has 0 aliphatic heterocycles. The Labute approximate surface area is 124 Å². The van der Waals surface area contributed by atoms with Crippen LogP contribution < -0.4 is 10.1 Å². The molecule has 0 amide bonds. The van der Waals surface area contributed by atoms with E-state index < -0.39 is 0 Å². The Morgan fingerprint density at radius 3 is 2.76 bits per heavy atom. The molecule has 2 heterocycles. The first-order valence-corrected chi connectivity index (χ1v) is 7.15. The van der Waals surface area contributed by atoms with Crippen molar-refractivity contribution in [2.45, 2.75) is 33.9 Å². The molecule has 2 aromatic rings. The quantitative estimate of drug-likeness (QED) is 0.805. The summed E-state index contributed by atoms with van der Waals surface area (Å²) in [5, 5.41) is 7.33. The maximum absolute atomic E-state index is 5.74. The van der Waals surface area contributed by atoms with E-state index in [0.717, 1.165) is 18.9 Å². The van der Waals surface area contributed by atoms with Crippen molar-refractivity contribution in [2.75, 3.05) is 18.5 Å². The van der Waals surface area contributed by atoms with E-state index in [1.165, 1.54) is 0 Å². The van der Waals surface area contributed by atoms with Crippen molar-refractivity contribution in [1.29, 1.82) is 0 Å². The molecule has 0 radical (unpaired) electrons. The minimum absolute atomic E-state index is 0.361. The standard InChI is InChI=1S/C14H21N5O2/c1-4-15-12-7-14(18-13(17-12)10-20-6-3)21-11-8-16-19(5-2)9-11/h7-9H,4-6,10H2,1-3H3,(H,15,17,18). The van der Waals surface area contributed by atoms with Gasteiger partial charge in [-0.15, -0.1) is 0 Å². The number of hydrogen-bond acceptors (Lipinski definition) is 6. The first-order chi connectivity index (χ1) is 10.2. The second-order valence-electron chi connectivity index (χ2n) is 4.31. The largest absolute Gasteiger partial charge is 0.436 e. The molecule has 0 saturated heterocycles. The predicted octanol–water partition coefficient (Wildman–Crippen LogP) is 2.45. The second kappa shape index (κ2) is 7.58. The Morgan fingerprint density at radius 1 is 1.24 bits per heavy atom. The van der Waals surface area contributed by atoms with Crippen molar-refractivity contribution >= 4 is 5.82 Å². The van der Waals surface area contributed by atoms with Gasteiger partial charge >= 0.3 is 0 Å². The molecule has 7 nitrogen and oxygen atoms in total. The van der Waals surface area contributed by atoms with Crippen LogP contribution in [0.2, 0.25) is 0 Å². The van der Waals surface area contributed by atoms with Gasteiger partial charge in [0.25, 0.3) is 0 Å². The summed E-state index contributed by atoms with van der Waals surface area (Å²) in [6.07, 6.45) is 3.50. The highest BCUT2D eigenvalue weighted by Gasteiger charge is 2.08. The average molecular weight is 291 g/mol. The van der Waals surface area contributed by atoms with E-state index in [-0.39, 0.29) is 0 Å². The molecule has 114 valence electrons. The number of rotatable bonds is 8. The van der Waals surface area contributed by atoms with Crippen LogP contribution in [0.5, 0.6) is 11.6 Å². The fraction of sp³-hybridized carbons (Fsp3) is 0.500. The summed E-state index contributed by atoms with van der Waals surface area (Å²) in [6, 6.07) is 1.77. The molecule has 0 aliphatic carbocycles. The molecule has 2 aromatic heterocycles. The Bertz CT molecular complexity index is 570. The van der Waals surface area contributed by atoms with Crippen LogP contribution in [-0.2, 0) is 17.9 Å². The first kappa shape index (κ1) is 15.2. The number of aromatic nitrogens is 4. The van der Waals surface area contributed by atoms with Crippen LogP contribution in [0.3, 0.4) is 0 Å². The minimum Gasteiger partial charge on any atom is -0.436 e. The van der Waals surface area contributed by atoms with Crippen molar-refractivity contribution in [3.05, 3.63) is 24.3 Å². The molecule has 0 aromatic carbocycles. The summed E-state index contributed by atoms with van der Waals surface area (Å²) < 4.78 is 12.9. The molecule has 21 heavy (non-hydrogen) atoms. The van der Waals surface area contributed by atoms with Gasteiger partial charge in [-0.25, -0.2) is 4.98 Å². The van der Waals surface area contributed by atoms with Crippen LogP contribution in [0.4, 0.5) is 5.82 Å². The van der Waals surface area contributed by atoms with E-state index in [0.29, 0.717) is 30.7 Å². The molecule has 7 heteroatoms. The van der Waals surface area contributed by atoms with Crippen LogP contribution in [-0.4, -0.2) is 32.9 Å². The van der Waals surface area contributed by atoms with E-state index >= 15 is 0 Å². The number of ether oxygens (including phenoxy) is 2. The van der Waals surface area contributed by atoms with Gasteiger partial charge in [-0.05, 0) is 20.8 Å². The zero-order chi connectivity index (χ0) is 15.1. The van der Waals surface area contributed by atoms with Crippen molar-refractivity contribution < 1.29 is 9.47 Å². The molecule has 0 saturated carbocycles. The average Bonchev–Trinajstić information content (AvgIpc) is 2.93. The number of hydrogen-bond donors (Lipinski definition) is 1. The minimum atomic E-state index is 0.361. The van der Waals surface area contributed by atoms with Crippen LogP contribution in [0.25, 0.3) is 0 Å². The number of anilines is 1. The van der Waals surface area contributed by atoms with E-state index in [2.05, 4.69) is 20.4 Å². The third-order valence-corrected chi connectivity index (χ3v) is 2.70. The summed E-state index contributed by atoms with van der Waals surface area (Å²) in [5.41, 5.74) is 0. The van der Waals surface area contributed by atoms with E-state index in [4.69, 9.17) is 9.47 Å². The summed E-state index contributed by atoms with van der Waals surface area (Å²) in [6.45, 7) is 8.52. The molecular weight excluding hydrogens is 270 g/mol. The predicted molar refractivity (Wildman–Crippen MR) is 79.5 cm³/mol. The van der Waals surface area contributed by atoms with Crippen LogP contribution >= 0.6 is 0 Å². The number of nitrogens with one attached hydrogen (secondary N) is 1. The molecule has 0 aliphatic rings. The third kappa shape index (κ3) is 4.42. The molecule has 1 N–H and O–H groups in total. The molecule has 0 fully saturated rings. The highest BCUT2D eigenvalue weighted by atomic mass is 16.5. The topological polar surface area (TPSA) is 74.1 Å². The van der Waals surface area contributed by atoms with Gasteiger partial charge in [0.1, 0.15) is 12.4 Å². The fourth-order valence-corrected chi connectivity index (χ4v) is 1.75. The van der Waals surface area contributed by atoms with E-state index in [9.17, 15) is 0 Å². The van der Waals surface area contributed by atoms with Gasteiger partial charge in [0.15, 0.2) is 11.6 Å². The third-order valence-electron chi connectivity index (χ3n) is 2.70. The smallest absolute Gasteiger partial charge is 0.224 e. The van der Waals surface area contributed by atoms with Gasteiger partial charge in [-0.1, -0.05) is 0 Å². The van der Waals surface area contributed by atoms with Crippen molar-refractivity contribution in [2.24, 2.45) is 0 Å². The molecule has 0 bridgehead atoms. The highest BCUT2D eigenvalue weighted by molar-refractivity contribution is 5.39. The molecule has 2 rings (SSSR count). The maximum Gasteiger partial charge on any atom is 0.224 e. The van der Waals surface area contributed by atoms with Gasteiger partial charge in [-0.2, -0.15) is 10.1 Å². The lowest BCUT2D eigenvalue weighted by atomic mass is 10.5. The lowest BCUT2D eigenvalue weighted by Crippen LogP contribution is -2.06. The summed E-state index contributed by atoms with van der Waals surface area (Å²) in [7, 11) is 0. The number of nitrogens with zero attached hydrogens (tertiary/aromatic N) is 4. The van der Waals surface area contributed by atoms with Gasteiger partial charge in [0.2, 0.25) is 5.88 Å². The Morgan fingerprint density at radius 2 is 2.10 bits per heavy atom. The summed E-state index contributed by atoms with van der Waals surface area (Å²) >= 11 is 0. The zero-order valence-corrected chi connectivity index (χ0v) is 12.7. The molecular formula is C14H21N5O2. The van der Waals surface area contributed by atoms with Gasteiger partial charge in [0, 0.05) is 25.8 Å². The van der Waals surface area contributed by atoms with Gasteiger partial charge in [0.05, 0.1) is 12.4 Å². The lowest BCUT2D eigenvalue weighted by Gasteiger charge is -2.09. The van der Waals surface area contributed by atoms with E-state index in [1.807, 2.05) is 27.0 Å². The lowest BCUT2D eigenvalue weighted by molar-refractivity contribution is 0.128. The van der Waals surface area contributed by atoms with Crippen molar-refractivity contribution in [3.63, 3.8) is 0 Å². The zero-order valence-electron chi connectivity index (χ0n) is 12.7. The Balaban J connectivity index is 2.17. The number of aryl methyl sites for hydroxylation is 1. The molecule has 0 spiro atoms. The fourth-order valence-electron chi connectivity index (χ4n) is 1.75. The normalized spacial score (nSPS) is 10.6.